The number of aromatic amines is 1. The molecule has 7 heteroatoms. The van der Waals surface area contributed by atoms with Crippen molar-refractivity contribution in [3.05, 3.63) is 77.1 Å². The fourth-order valence-electron chi connectivity index (χ4n) is 3.07. The van der Waals surface area contributed by atoms with Crippen LogP contribution in [0.15, 0.2) is 49.1 Å². The van der Waals surface area contributed by atoms with Crippen molar-refractivity contribution in [3.63, 3.8) is 0 Å². The summed E-state index contributed by atoms with van der Waals surface area (Å²) in [7, 11) is 1.39. The SMILES string of the molecule is COc1ncc(CNc2ccc(Cc3c[nH]c4ncc(C)cc34)cn2)cc1F. The second kappa shape index (κ2) is 7.64. The molecule has 142 valence electrons. The molecule has 0 aromatic carbocycles. The Balaban J connectivity index is 1.42. The van der Waals surface area contributed by atoms with Gasteiger partial charge < -0.3 is 15.0 Å². The van der Waals surface area contributed by atoms with E-state index < -0.39 is 5.82 Å². The Hall–Kier alpha value is -3.48. The standard InChI is InChI=1S/C21H20FN5O/c1-13-5-17-16(12-26-20(17)25-8-13)6-14-3-4-19(23-9-14)24-10-15-7-18(22)21(28-2)27-11-15/h3-5,7-9,11-12H,6,10H2,1-2H3,(H,23,24)(H,25,26). The third-order valence-electron chi connectivity index (χ3n) is 4.50. The lowest BCUT2D eigenvalue weighted by molar-refractivity contribution is 0.368. The zero-order valence-electron chi connectivity index (χ0n) is 15.7. The number of anilines is 1. The first kappa shape index (κ1) is 17.9. The molecule has 0 radical (unpaired) electrons. The summed E-state index contributed by atoms with van der Waals surface area (Å²) >= 11 is 0. The number of nitrogens with one attached hydrogen (secondary N) is 2. The Morgan fingerprint density at radius 1 is 1.07 bits per heavy atom. The van der Waals surface area contributed by atoms with Gasteiger partial charge in [0, 0.05) is 43.1 Å². The number of hydrogen-bond donors (Lipinski definition) is 2. The molecule has 4 heterocycles. The number of methoxy groups -OCH3 is 1. The van der Waals surface area contributed by atoms with Gasteiger partial charge in [-0.25, -0.2) is 19.3 Å². The van der Waals surface area contributed by atoms with Crippen molar-refractivity contribution in [1.82, 2.24) is 19.9 Å². The third-order valence-corrected chi connectivity index (χ3v) is 4.50. The minimum absolute atomic E-state index is 0.00565. The van der Waals surface area contributed by atoms with Crippen LogP contribution in [0.25, 0.3) is 11.0 Å². The zero-order valence-corrected chi connectivity index (χ0v) is 15.7. The van der Waals surface area contributed by atoms with Gasteiger partial charge >= 0.3 is 0 Å². The molecule has 0 fully saturated rings. The van der Waals surface area contributed by atoms with E-state index in [9.17, 15) is 4.39 Å². The molecule has 0 aliphatic heterocycles. The first-order valence-electron chi connectivity index (χ1n) is 8.92. The van der Waals surface area contributed by atoms with Crippen LogP contribution in [0.3, 0.4) is 0 Å². The lowest BCUT2D eigenvalue weighted by Gasteiger charge is -2.08. The first-order valence-corrected chi connectivity index (χ1v) is 8.92. The van der Waals surface area contributed by atoms with Crippen molar-refractivity contribution in [2.45, 2.75) is 19.9 Å². The number of ether oxygens (including phenoxy) is 1. The molecule has 0 spiro atoms. The third kappa shape index (κ3) is 3.78. The van der Waals surface area contributed by atoms with Crippen molar-refractivity contribution >= 4 is 16.9 Å². The highest BCUT2D eigenvalue weighted by Gasteiger charge is 2.08. The Labute approximate surface area is 161 Å². The van der Waals surface area contributed by atoms with Crippen LogP contribution < -0.4 is 10.1 Å². The molecule has 0 aliphatic carbocycles. The van der Waals surface area contributed by atoms with Gasteiger partial charge in [0.2, 0.25) is 5.88 Å². The largest absolute Gasteiger partial charge is 0.479 e. The summed E-state index contributed by atoms with van der Waals surface area (Å²) in [5.41, 5.74) is 5.03. The lowest BCUT2D eigenvalue weighted by Crippen LogP contribution is -2.03. The molecule has 6 nitrogen and oxygen atoms in total. The van der Waals surface area contributed by atoms with Gasteiger partial charge in [0.25, 0.3) is 0 Å². The van der Waals surface area contributed by atoms with E-state index >= 15 is 0 Å². The number of hydrogen-bond acceptors (Lipinski definition) is 5. The molecule has 0 atom stereocenters. The second-order valence-electron chi connectivity index (χ2n) is 6.64. The van der Waals surface area contributed by atoms with Crippen molar-refractivity contribution in [3.8, 4) is 5.88 Å². The average Bonchev–Trinajstić information content (AvgIpc) is 3.09. The van der Waals surface area contributed by atoms with E-state index in [0.717, 1.165) is 34.4 Å². The Morgan fingerprint density at radius 3 is 2.68 bits per heavy atom. The molecular formula is C21H20FN5O. The summed E-state index contributed by atoms with van der Waals surface area (Å²) < 4.78 is 18.5. The maximum atomic E-state index is 13.7. The van der Waals surface area contributed by atoms with Crippen LogP contribution in [0.5, 0.6) is 5.88 Å². The quantitative estimate of drug-likeness (QED) is 0.531. The van der Waals surface area contributed by atoms with Gasteiger partial charge in [-0.15, -0.1) is 0 Å². The predicted octanol–water partition coefficient (Wildman–Crippen LogP) is 4.01. The van der Waals surface area contributed by atoms with Crippen molar-refractivity contribution in [1.29, 1.82) is 0 Å². The van der Waals surface area contributed by atoms with Crippen LogP contribution >= 0.6 is 0 Å². The van der Waals surface area contributed by atoms with Crippen molar-refractivity contribution in [2.75, 3.05) is 12.4 Å². The fourth-order valence-corrected chi connectivity index (χ4v) is 3.07. The molecule has 0 aliphatic rings. The fraction of sp³-hybridized carbons (Fsp3) is 0.190. The van der Waals surface area contributed by atoms with Crippen LogP contribution in [0.4, 0.5) is 10.2 Å². The van der Waals surface area contributed by atoms with E-state index in [4.69, 9.17) is 4.74 Å². The number of rotatable bonds is 6. The van der Waals surface area contributed by atoms with E-state index in [1.54, 1.807) is 6.20 Å². The van der Waals surface area contributed by atoms with Gasteiger partial charge in [-0.3, -0.25) is 0 Å². The van der Waals surface area contributed by atoms with E-state index in [2.05, 4.69) is 31.3 Å². The van der Waals surface area contributed by atoms with Gasteiger partial charge in [-0.1, -0.05) is 6.07 Å². The van der Waals surface area contributed by atoms with Crippen LogP contribution in [-0.2, 0) is 13.0 Å². The predicted molar refractivity (Wildman–Crippen MR) is 106 cm³/mol. The summed E-state index contributed by atoms with van der Waals surface area (Å²) in [6, 6.07) is 7.49. The highest BCUT2D eigenvalue weighted by atomic mass is 19.1. The van der Waals surface area contributed by atoms with Gasteiger partial charge in [-0.2, -0.15) is 0 Å². The smallest absolute Gasteiger partial charge is 0.250 e. The minimum Gasteiger partial charge on any atom is -0.479 e. The number of aryl methyl sites for hydroxylation is 1. The maximum Gasteiger partial charge on any atom is 0.250 e. The van der Waals surface area contributed by atoms with E-state index in [1.165, 1.54) is 18.7 Å². The number of H-pyrrole nitrogens is 1. The molecule has 0 bridgehead atoms. The van der Waals surface area contributed by atoms with Crippen molar-refractivity contribution < 1.29 is 9.13 Å². The zero-order chi connectivity index (χ0) is 19.5. The molecule has 2 N–H and O–H groups in total. The molecule has 0 unspecified atom stereocenters. The second-order valence-corrected chi connectivity index (χ2v) is 6.64. The van der Waals surface area contributed by atoms with Gasteiger partial charge in [-0.05, 0) is 47.4 Å². The number of fused-ring (bicyclic) bond motifs is 1. The lowest BCUT2D eigenvalue weighted by atomic mass is 10.1. The molecular weight excluding hydrogens is 357 g/mol. The summed E-state index contributed by atoms with van der Waals surface area (Å²) in [6.45, 7) is 2.46. The van der Waals surface area contributed by atoms with Gasteiger partial charge in [0.1, 0.15) is 11.5 Å². The van der Waals surface area contributed by atoms with Crippen LogP contribution in [0.1, 0.15) is 22.3 Å². The summed E-state index contributed by atoms with van der Waals surface area (Å²) in [6.07, 6.45) is 8.04. The van der Waals surface area contributed by atoms with Crippen LogP contribution in [-0.4, -0.2) is 27.0 Å². The molecule has 0 saturated heterocycles. The molecule has 0 amide bonds. The number of aromatic nitrogens is 4. The Kier molecular flexibility index (Phi) is 4.89. The molecule has 4 rings (SSSR count). The Bertz CT molecular complexity index is 1110. The van der Waals surface area contributed by atoms with Gasteiger partial charge in [0.15, 0.2) is 5.82 Å². The summed E-state index contributed by atoms with van der Waals surface area (Å²) in [4.78, 5) is 16.0. The molecule has 28 heavy (non-hydrogen) atoms. The maximum absolute atomic E-state index is 13.7. The van der Waals surface area contributed by atoms with E-state index in [1.807, 2.05) is 37.6 Å². The number of nitrogens with zero attached hydrogens (tertiary/aromatic N) is 3. The van der Waals surface area contributed by atoms with Crippen LogP contribution in [0.2, 0.25) is 0 Å². The first-order chi connectivity index (χ1) is 13.6. The molecule has 4 aromatic heterocycles. The number of halogens is 1. The molecule has 0 saturated carbocycles. The minimum atomic E-state index is -0.478. The summed E-state index contributed by atoms with van der Waals surface area (Å²) in [5, 5.41) is 4.31. The molecule has 4 aromatic rings. The topological polar surface area (TPSA) is 75.7 Å². The van der Waals surface area contributed by atoms with E-state index in [0.29, 0.717) is 12.1 Å². The number of pyridine rings is 3. The van der Waals surface area contributed by atoms with Crippen molar-refractivity contribution in [2.24, 2.45) is 0 Å². The highest BCUT2D eigenvalue weighted by Crippen LogP contribution is 2.21. The monoisotopic (exact) mass is 377 g/mol. The summed E-state index contributed by atoms with van der Waals surface area (Å²) in [5.74, 6) is 0.235. The van der Waals surface area contributed by atoms with Crippen LogP contribution in [0, 0.1) is 12.7 Å². The highest BCUT2D eigenvalue weighted by molar-refractivity contribution is 5.80. The van der Waals surface area contributed by atoms with E-state index in [-0.39, 0.29) is 5.88 Å². The van der Waals surface area contributed by atoms with Gasteiger partial charge in [0.05, 0.1) is 7.11 Å². The average molecular weight is 377 g/mol. The normalized spacial score (nSPS) is 11.0. The Morgan fingerprint density at radius 2 is 1.93 bits per heavy atom.